The standard InChI is InChI=1S/C13H11N3O.C12H9BrN4O/c1-7-2-3-8-4-5-10-11(9(8)6-7)12(17)16-13(14)15-10;13-7-4-6-5(3-8(7)14)1-2-9-10(6)11(18)17-12(15)16-9/h2-6H,1H3,(H3,14,15,16,17);1-4H,14H2,(H3,15,16,17,18). The van der Waals surface area contributed by atoms with Gasteiger partial charge in [-0.1, -0.05) is 35.9 Å². The van der Waals surface area contributed by atoms with Gasteiger partial charge in [0.15, 0.2) is 0 Å². The lowest BCUT2D eigenvalue weighted by Crippen LogP contribution is -2.11. The van der Waals surface area contributed by atoms with Gasteiger partial charge in [-0.25, -0.2) is 9.97 Å². The average Bonchev–Trinajstić information content (AvgIpc) is 2.79. The number of aromatic nitrogens is 4. The lowest BCUT2D eigenvalue weighted by atomic mass is 10.0. The number of nitrogens with zero attached hydrogens (tertiary/aromatic N) is 2. The van der Waals surface area contributed by atoms with Crippen LogP contribution in [-0.2, 0) is 0 Å². The summed E-state index contributed by atoms with van der Waals surface area (Å²) in [5.74, 6) is 0.260. The first-order valence-electron chi connectivity index (χ1n) is 10.6. The molecule has 10 heteroatoms. The number of aromatic amines is 2. The predicted octanol–water partition coefficient (Wildman–Crippen LogP) is 3.97. The van der Waals surface area contributed by atoms with Gasteiger partial charge in [0.05, 0.1) is 21.8 Å². The summed E-state index contributed by atoms with van der Waals surface area (Å²) in [6.45, 7) is 2.00. The van der Waals surface area contributed by atoms with Crippen LogP contribution < -0.4 is 28.3 Å². The van der Waals surface area contributed by atoms with E-state index in [1.54, 1.807) is 6.07 Å². The van der Waals surface area contributed by atoms with Gasteiger partial charge >= 0.3 is 0 Å². The van der Waals surface area contributed by atoms with Gasteiger partial charge in [-0.15, -0.1) is 0 Å². The molecule has 6 aromatic rings. The van der Waals surface area contributed by atoms with E-state index in [0.717, 1.165) is 31.6 Å². The number of nitrogens with two attached hydrogens (primary N) is 3. The molecule has 0 spiro atoms. The Bertz CT molecular complexity index is 1910. The van der Waals surface area contributed by atoms with E-state index in [2.05, 4.69) is 35.9 Å². The summed E-state index contributed by atoms with van der Waals surface area (Å²) in [7, 11) is 0. The molecule has 0 radical (unpaired) electrons. The molecule has 0 saturated carbocycles. The SMILES string of the molecule is Cc1ccc2ccc3nc(N)[nH]c(=O)c3c2c1.Nc1nc2ccc3cc(N)c(Br)cc3c2c(=O)[nH]1. The highest BCUT2D eigenvalue weighted by atomic mass is 79.9. The van der Waals surface area contributed by atoms with Crippen molar-refractivity contribution in [3.05, 3.63) is 85.3 Å². The fourth-order valence-electron chi connectivity index (χ4n) is 4.11. The summed E-state index contributed by atoms with van der Waals surface area (Å²) in [4.78, 5) is 37.2. The molecule has 4 aromatic carbocycles. The number of H-pyrrole nitrogens is 2. The molecule has 0 amide bonds. The van der Waals surface area contributed by atoms with Crippen molar-refractivity contribution in [3.8, 4) is 0 Å². The average molecular weight is 530 g/mol. The summed E-state index contributed by atoms with van der Waals surface area (Å²) in [6.07, 6.45) is 0. The minimum absolute atomic E-state index is 0.112. The molecular formula is C25H20BrN7O2. The van der Waals surface area contributed by atoms with Crippen LogP contribution in [0, 0.1) is 6.92 Å². The van der Waals surface area contributed by atoms with Crippen LogP contribution in [0.2, 0.25) is 0 Å². The van der Waals surface area contributed by atoms with Crippen molar-refractivity contribution >= 4 is 76.9 Å². The quantitative estimate of drug-likeness (QED) is 0.146. The highest BCUT2D eigenvalue weighted by Crippen LogP contribution is 2.29. The zero-order chi connectivity index (χ0) is 24.9. The maximum absolute atomic E-state index is 12.0. The Balaban J connectivity index is 0.000000145. The summed E-state index contributed by atoms with van der Waals surface area (Å²) in [6, 6.07) is 17.0. The van der Waals surface area contributed by atoms with Crippen LogP contribution in [0.4, 0.5) is 17.6 Å². The van der Waals surface area contributed by atoms with E-state index in [-0.39, 0.29) is 23.0 Å². The van der Waals surface area contributed by atoms with Crippen LogP contribution in [0.15, 0.2) is 68.7 Å². The van der Waals surface area contributed by atoms with Crippen molar-refractivity contribution in [1.82, 2.24) is 19.9 Å². The van der Waals surface area contributed by atoms with E-state index >= 15 is 0 Å². The second kappa shape index (κ2) is 8.41. The number of nitrogen functional groups attached to an aromatic ring is 3. The number of hydrogen-bond acceptors (Lipinski definition) is 7. The summed E-state index contributed by atoms with van der Waals surface area (Å²) >= 11 is 3.36. The number of aryl methyl sites for hydroxylation is 1. The molecule has 0 fully saturated rings. The van der Waals surface area contributed by atoms with Gasteiger partial charge in [0, 0.05) is 10.2 Å². The number of benzene rings is 4. The van der Waals surface area contributed by atoms with E-state index < -0.39 is 0 Å². The summed E-state index contributed by atoms with van der Waals surface area (Å²) in [5.41, 5.74) is 19.4. The smallest absolute Gasteiger partial charge is 0.260 e. The Hall–Kier alpha value is -4.44. The van der Waals surface area contributed by atoms with Gasteiger partial charge < -0.3 is 17.2 Å². The van der Waals surface area contributed by atoms with Crippen molar-refractivity contribution in [2.75, 3.05) is 17.2 Å². The van der Waals surface area contributed by atoms with Crippen LogP contribution >= 0.6 is 15.9 Å². The Morgan fingerprint density at radius 3 is 1.83 bits per heavy atom. The Morgan fingerprint density at radius 1 is 0.714 bits per heavy atom. The third-order valence-corrected chi connectivity index (χ3v) is 6.38. The molecule has 0 atom stereocenters. The van der Waals surface area contributed by atoms with Gasteiger partial charge in [0.1, 0.15) is 0 Å². The fraction of sp³-hybridized carbons (Fsp3) is 0.0400. The van der Waals surface area contributed by atoms with Crippen LogP contribution in [0.3, 0.4) is 0 Å². The van der Waals surface area contributed by atoms with Crippen molar-refractivity contribution in [1.29, 1.82) is 0 Å². The molecule has 0 aliphatic carbocycles. The molecule has 6 rings (SSSR count). The summed E-state index contributed by atoms with van der Waals surface area (Å²) in [5, 5.41) is 4.74. The largest absolute Gasteiger partial charge is 0.398 e. The molecule has 2 aromatic heterocycles. The minimum Gasteiger partial charge on any atom is -0.398 e. The second-order valence-electron chi connectivity index (χ2n) is 8.14. The number of halogens is 1. The third-order valence-electron chi connectivity index (χ3n) is 5.69. The van der Waals surface area contributed by atoms with Gasteiger partial charge in [-0.05, 0) is 68.7 Å². The first-order valence-corrected chi connectivity index (χ1v) is 11.4. The second-order valence-corrected chi connectivity index (χ2v) is 9.00. The monoisotopic (exact) mass is 529 g/mol. The molecule has 0 aliphatic rings. The predicted molar refractivity (Wildman–Crippen MR) is 145 cm³/mol. The zero-order valence-electron chi connectivity index (χ0n) is 18.5. The van der Waals surface area contributed by atoms with Gasteiger partial charge in [0.25, 0.3) is 11.1 Å². The highest BCUT2D eigenvalue weighted by molar-refractivity contribution is 9.10. The van der Waals surface area contributed by atoms with Gasteiger partial charge in [-0.3, -0.25) is 19.6 Å². The van der Waals surface area contributed by atoms with E-state index in [9.17, 15) is 9.59 Å². The number of fused-ring (bicyclic) bond motifs is 6. The molecule has 35 heavy (non-hydrogen) atoms. The lowest BCUT2D eigenvalue weighted by Gasteiger charge is -2.06. The molecule has 0 saturated heterocycles. The van der Waals surface area contributed by atoms with Crippen molar-refractivity contribution in [2.24, 2.45) is 0 Å². The first kappa shape index (κ1) is 22.4. The number of anilines is 3. The minimum atomic E-state index is -0.250. The molecule has 8 N–H and O–H groups in total. The molecule has 9 nitrogen and oxygen atoms in total. The number of nitrogens with one attached hydrogen (secondary N) is 2. The Kier molecular flexibility index (Phi) is 5.37. The fourth-order valence-corrected chi connectivity index (χ4v) is 4.45. The van der Waals surface area contributed by atoms with Crippen molar-refractivity contribution in [3.63, 3.8) is 0 Å². The maximum Gasteiger partial charge on any atom is 0.260 e. The van der Waals surface area contributed by atoms with Crippen LogP contribution in [0.1, 0.15) is 5.56 Å². The number of rotatable bonds is 0. The van der Waals surface area contributed by atoms with Gasteiger partial charge in [-0.2, -0.15) is 0 Å². The van der Waals surface area contributed by atoms with E-state index in [0.29, 0.717) is 27.5 Å². The molecular weight excluding hydrogens is 510 g/mol. The van der Waals surface area contributed by atoms with E-state index in [1.165, 1.54) is 0 Å². The Morgan fingerprint density at radius 2 is 1.23 bits per heavy atom. The van der Waals surface area contributed by atoms with Crippen molar-refractivity contribution in [2.45, 2.75) is 6.92 Å². The summed E-state index contributed by atoms with van der Waals surface area (Å²) < 4.78 is 0.749. The molecule has 0 unspecified atom stereocenters. The maximum atomic E-state index is 12.0. The van der Waals surface area contributed by atoms with E-state index in [4.69, 9.17) is 17.2 Å². The highest BCUT2D eigenvalue weighted by Gasteiger charge is 2.09. The van der Waals surface area contributed by atoms with Crippen molar-refractivity contribution < 1.29 is 0 Å². The third kappa shape index (κ3) is 4.04. The topological polar surface area (TPSA) is 170 Å². The van der Waals surface area contributed by atoms with Crippen LogP contribution in [0.25, 0.3) is 43.4 Å². The number of hydrogen-bond donors (Lipinski definition) is 5. The van der Waals surface area contributed by atoms with Gasteiger partial charge in [0.2, 0.25) is 11.9 Å². The first-order chi connectivity index (χ1) is 16.7. The normalized spacial score (nSPS) is 11.1. The lowest BCUT2D eigenvalue weighted by molar-refractivity contribution is 1.19. The molecule has 0 aliphatic heterocycles. The zero-order valence-corrected chi connectivity index (χ0v) is 20.1. The Labute approximate surface area is 206 Å². The van der Waals surface area contributed by atoms with E-state index in [1.807, 2.05) is 55.5 Å². The molecule has 0 bridgehead atoms. The molecule has 174 valence electrons. The van der Waals surface area contributed by atoms with Crippen LogP contribution in [0.5, 0.6) is 0 Å². The van der Waals surface area contributed by atoms with Crippen LogP contribution in [-0.4, -0.2) is 19.9 Å². The molecule has 2 heterocycles.